The Morgan fingerprint density at radius 1 is 0.784 bits per heavy atom. The van der Waals surface area contributed by atoms with Gasteiger partial charge in [0.15, 0.2) is 5.11 Å². The second-order valence-corrected chi connectivity index (χ2v) is 9.60. The Morgan fingerprint density at radius 3 is 2.30 bits per heavy atom. The van der Waals surface area contributed by atoms with Gasteiger partial charge < -0.3 is 16.0 Å². The average molecular weight is 525 g/mol. The van der Waals surface area contributed by atoms with Crippen LogP contribution >= 0.6 is 23.6 Å². The zero-order chi connectivity index (χ0) is 25.8. The number of fused-ring (bicyclic) bond motifs is 1. The Hall–Kier alpha value is -4.60. The van der Waals surface area contributed by atoms with Crippen molar-refractivity contribution in [1.29, 1.82) is 0 Å². The van der Waals surface area contributed by atoms with Gasteiger partial charge in [-0.15, -0.1) is 11.3 Å². The van der Waals surface area contributed by atoms with Crippen LogP contribution in [0, 0.1) is 10.1 Å². The zero-order valence-corrected chi connectivity index (χ0v) is 20.9. The van der Waals surface area contributed by atoms with Crippen molar-refractivity contribution in [1.82, 2.24) is 0 Å². The predicted octanol–water partition coefficient (Wildman–Crippen LogP) is 7.54. The molecule has 0 aliphatic heterocycles. The molecule has 1 amide bonds. The second-order valence-electron chi connectivity index (χ2n) is 8.11. The van der Waals surface area contributed by atoms with E-state index in [9.17, 15) is 14.9 Å². The van der Waals surface area contributed by atoms with Crippen molar-refractivity contribution in [3.63, 3.8) is 0 Å². The average Bonchev–Trinajstić information content (AvgIpc) is 3.34. The van der Waals surface area contributed by atoms with Crippen LogP contribution in [-0.2, 0) is 0 Å². The maximum Gasteiger partial charge on any atom is 0.269 e. The minimum atomic E-state index is -0.450. The number of benzene rings is 4. The van der Waals surface area contributed by atoms with Gasteiger partial charge in [-0.1, -0.05) is 48.5 Å². The van der Waals surface area contributed by atoms with E-state index in [2.05, 4.69) is 16.0 Å². The van der Waals surface area contributed by atoms with Crippen LogP contribution in [0.25, 0.3) is 21.2 Å². The van der Waals surface area contributed by atoms with Crippen molar-refractivity contribution in [2.75, 3.05) is 16.0 Å². The molecule has 5 aromatic rings. The van der Waals surface area contributed by atoms with E-state index in [4.69, 9.17) is 12.2 Å². The number of anilines is 3. The predicted molar refractivity (Wildman–Crippen MR) is 155 cm³/mol. The number of nitro groups is 1. The summed E-state index contributed by atoms with van der Waals surface area (Å²) in [5, 5.41) is 21.5. The topological polar surface area (TPSA) is 96.3 Å². The molecule has 4 aromatic carbocycles. The summed E-state index contributed by atoms with van der Waals surface area (Å²) in [6.07, 6.45) is 0. The van der Waals surface area contributed by atoms with Gasteiger partial charge in [-0.2, -0.15) is 0 Å². The number of carbonyl (C=O) groups is 1. The molecule has 7 nitrogen and oxygen atoms in total. The third-order valence-electron chi connectivity index (χ3n) is 5.59. The molecule has 1 heterocycles. The van der Waals surface area contributed by atoms with Crippen LogP contribution < -0.4 is 16.0 Å². The molecule has 5 rings (SSSR count). The number of nitrogens with one attached hydrogen (secondary N) is 3. The lowest BCUT2D eigenvalue weighted by molar-refractivity contribution is -0.384. The van der Waals surface area contributed by atoms with E-state index in [0.29, 0.717) is 21.4 Å². The molecule has 0 atom stereocenters. The lowest BCUT2D eigenvalue weighted by Crippen LogP contribution is -2.19. The molecule has 37 heavy (non-hydrogen) atoms. The van der Waals surface area contributed by atoms with Gasteiger partial charge in [-0.25, -0.2) is 0 Å². The van der Waals surface area contributed by atoms with Crippen LogP contribution in [0.1, 0.15) is 9.67 Å². The molecular formula is C28H20N4O3S2. The SMILES string of the molecule is O=C(Nc1ccccc1-c1cccc(NC(=S)Nc2ccc([N+](=O)[O-])cc2)c1)c1cc2ccccc2s1. The molecule has 0 aliphatic rings. The van der Waals surface area contributed by atoms with Crippen LogP contribution in [0.4, 0.5) is 22.7 Å². The number of nitro benzene ring substituents is 1. The van der Waals surface area contributed by atoms with E-state index in [-0.39, 0.29) is 11.6 Å². The molecule has 0 bridgehead atoms. The van der Waals surface area contributed by atoms with Gasteiger partial charge in [-0.05, 0) is 65.6 Å². The molecule has 0 spiro atoms. The first kappa shape index (κ1) is 24.1. The van der Waals surface area contributed by atoms with Crippen molar-refractivity contribution in [3.05, 3.63) is 118 Å². The third-order valence-corrected chi connectivity index (χ3v) is 6.91. The van der Waals surface area contributed by atoms with Crippen molar-refractivity contribution in [2.24, 2.45) is 0 Å². The highest BCUT2D eigenvalue weighted by molar-refractivity contribution is 7.80. The van der Waals surface area contributed by atoms with Crippen molar-refractivity contribution < 1.29 is 9.72 Å². The standard InChI is InChI=1S/C28H20N4O3S2/c33-27(26-17-19-6-1-4-11-25(19)37-26)31-24-10-3-2-9-23(24)18-7-5-8-21(16-18)30-28(36)29-20-12-14-22(15-13-20)32(34)35/h1-17H,(H,31,33)(H2,29,30,36). The maximum atomic E-state index is 13.0. The Balaban J connectivity index is 1.31. The smallest absolute Gasteiger partial charge is 0.269 e. The van der Waals surface area contributed by atoms with Crippen LogP contribution in [-0.4, -0.2) is 15.9 Å². The van der Waals surface area contributed by atoms with E-state index in [1.165, 1.54) is 23.5 Å². The highest BCUT2D eigenvalue weighted by Gasteiger charge is 2.14. The molecule has 1 aromatic heterocycles. The number of nitrogens with zero attached hydrogens (tertiary/aromatic N) is 1. The number of thiocarbonyl (C=S) groups is 1. The van der Waals surface area contributed by atoms with Crippen LogP contribution in [0.5, 0.6) is 0 Å². The zero-order valence-electron chi connectivity index (χ0n) is 19.3. The number of non-ortho nitro benzene ring substituents is 1. The number of carbonyl (C=O) groups excluding carboxylic acids is 1. The minimum absolute atomic E-state index is 0.00948. The van der Waals surface area contributed by atoms with Gasteiger partial charge >= 0.3 is 0 Å². The van der Waals surface area contributed by atoms with E-state index in [1.54, 1.807) is 12.1 Å². The molecule has 0 saturated heterocycles. The fraction of sp³-hybridized carbons (Fsp3) is 0. The second kappa shape index (κ2) is 10.6. The van der Waals surface area contributed by atoms with Crippen LogP contribution in [0.3, 0.4) is 0 Å². The van der Waals surface area contributed by atoms with E-state index in [0.717, 1.165) is 26.9 Å². The first-order valence-corrected chi connectivity index (χ1v) is 12.5. The number of amides is 1. The molecule has 0 radical (unpaired) electrons. The number of hydrogen-bond donors (Lipinski definition) is 3. The Kier molecular flexibility index (Phi) is 6.89. The van der Waals surface area contributed by atoms with Crippen molar-refractivity contribution >= 4 is 67.4 Å². The van der Waals surface area contributed by atoms with E-state index in [1.807, 2.05) is 78.9 Å². The maximum absolute atomic E-state index is 13.0. The largest absolute Gasteiger partial charge is 0.332 e. The Labute approximate surface area is 221 Å². The lowest BCUT2D eigenvalue weighted by atomic mass is 10.0. The summed E-state index contributed by atoms with van der Waals surface area (Å²) in [7, 11) is 0. The summed E-state index contributed by atoms with van der Waals surface area (Å²) < 4.78 is 1.07. The fourth-order valence-electron chi connectivity index (χ4n) is 3.85. The van der Waals surface area contributed by atoms with Crippen LogP contribution in [0.2, 0.25) is 0 Å². The molecular weight excluding hydrogens is 504 g/mol. The van der Waals surface area contributed by atoms with Gasteiger partial charge in [0.1, 0.15) is 0 Å². The fourth-order valence-corrected chi connectivity index (χ4v) is 5.04. The molecule has 0 unspecified atom stereocenters. The summed E-state index contributed by atoms with van der Waals surface area (Å²) >= 11 is 6.88. The first-order chi connectivity index (χ1) is 18.0. The quantitative estimate of drug-likeness (QED) is 0.121. The summed E-state index contributed by atoms with van der Waals surface area (Å²) in [6, 6.07) is 31.2. The van der Waals surface area contributed by atoms with Crippen molar-refractivity contribution in [2.45, 2.75) is 0 Å². The Morgan fingerprint density at radius 2 is 1.51 bits per heavy atom. The summed E-state index contributed by atoms with van der Waals surface area (Å²) in [5.74, 6) is -0.156. The first-order valence-electron chi connectivity index (χ1n) is 11.3. The number of rotatable bonds is 6. The van der Waals surface area contributed by atoms with E-state index >= 15 is 0 Å². The summed E-state index contributed by atoms with van der Waals surface area (Å²) in [5.41, 5.74) is 3.87. The number of hydrogen-bond acceptors (Lipinski definition) is 5. The highest BCUT2D eigenvalue weighted by atomic mass is 32.1. The normalized spacial score (nSPS) is 10.6. The molecule has 0 saturated carbocycles. The Bertz CT molecular complexity index is 1600. The molecule has 0 aliphatic carbocycles. The molecule has 3 N–H and O–H groups in total. The van der Waals surface area contributed by atoms with Gasteiger partial charge in [0.05, 0.1) is 9.80 Å². The summed E-state index contributed by atoms with van der Waals surface area (Å²) in [4.78, 5) is 24.1. The van der Waals surface area contributed by atoms with E-state index < -0.39 is 4.92 Å². The van der Waals surface area contributed by atoms with Gasteiger partial charge in [-0.3, -0.25) is 14.9 Å². The van der Waals surface area contributed by atoms with Gasteiger partial charge in [0, 0.05) is 39.5 Å². The monoisotopic (exact) mass is 524 g/mol. The molecule has 182 valence electrons. The number of para-hydroxylation sites is 1. The molecule has 0 fully saturated rings. The van der Waals surface area contributed by atoms with Gasteiger partial charge in [0.2, 0.25) is 0 Å². The lowest BCUT2D eigenvalue weighted by Gasteiger charge is -2.14. The number of thiophene rings is 1. The summed E-state index contributed by atoms with van der Waals surface area (Å²) in [6.45, 7) is 0. The molecule has 9 heteroatoms. The minimum Gasteiger partial charge on any atom is -0.332 e. The van der Waals surface area contributed by atoms with Gasteiger partial charge in [0.25, 0.3) is 11.6 Å². The highest BCUT2D eigenvalue weighted by Crippen LogP contribution is 2.31. The van der Waals surface area contributed by atoms with Crippen molar-refractivity contribution in [3.8, 4) is 11.1 Å². The third kappa shape index (κ3) is 5.64. The van der Waals surface area contributed by atoms with Crippen LogP contribution in [0.15, 0.2) is 103 Å².